The number of pyridine rings is 1. The van der Waals surface area contributed by atoms with Gasteiger partial charge in [-0.05, 0) is 62.3 Å². The predicted molar refractivity (Wildman–Crippen MR) is 130 cm³/mol. The SMILES string of the molecule is COC(=O)[C@H](CCNC(=O)CCCCc1ccc2c(n1)NCCC2)Nc1nc2ccccc2o1. The lowest BCUT2D eigenvalue weighted by molar-refractivity contribution is -0.141. The molecule has 1 atom stereocenters. The Morgan fingerprint density at radius 3 is 2.91 bits per heavy atom. The lowest BCUT2D eigenvalue weighted by Gasteiger charge is -2.17. The molecule has 1 aromatic carbocycles. The van der Waals surface area contributed by atoms with Crippen molar-refractivity contribution in [2.75, 3.05) is 30.8 Å². The standard InChI is InChI=1S/C25H31N5O4/c1-33-24(32)20(30-25-29-19-9-3-4-10-21(19)34-25)14-16-26-22(31)11-5-2-8-18-13-12-17-7-6-15-27-23(17)28-18/h3-4,9-10,12-13,20H,2,5-8,11,14-16H2,1H3,(H,26,31)(H,27,28)(H,29,30)/t20-/m0/s1. The van der Waals surface area contributed by atoms with Gasteiger partial charge < -0.3 is 25.1 Å². The zero-order chi connectivity index (χ0) is 23.8. The molecular weight excluding hydrogens is 434 g/mol. The number of oxazole rings is 1. The summed E-state index contributed by atoms with van der Waals surface area (Å²) in [5.74, 6) is 0.530. The van der Waals surface area contributed by atoms with E-state index >= 15 is 0 Å². The summed E-state index contributed by atoms with van der Waals surface area (Å²) in [5.41, 5.74) is 3.66. The molecule has 34 heavy (non-hydrogen) atoms. The van der Waals surface area contributed by atoms with E-state index in [-0.39, 0.29) is 11.9 Å². The van der Waals surface area contributed by atoms with Gasteiger partial charge in [0, 0.05) is 25.2 Å². The molecule has 9 heteroatoms. The molecule has 0 saturated carbocycles. The van der Waals surface area contributed by atoms with Crippen molar-refractivity contribution < 1.29 is 18.7 Å². The molecule has 0 aliphatic carbocycles. The number of hydrogen-bond acceptors (Lipinski definition) is 8. The van der Waals surface area contributed by atoms with Crippen LogP contribution in [-0.4, -0.2) is 48.1 Å². The zero-order valence-corrected chi connectivity index (χ0v) is 19.4. The number of aryl methyl sites for hydroxylation is 2. The number of aromatic nitrogens is 2. The van der Waals surface area contributed by atoms with Gasteiger partial charge in [0.2, 0.25) is 5.91 Å². The summed E-state index contributed by atoms with van der Waals surface area (Å²) < 4.78 is 10.5. The van der Waals surface area contributed by atoms with E-state index in [2.05, 4.69) is 33.1 Å². The number of carbonyl (C=O) groups excluding carboxylic acids is 2. The molecule has 0 radical (unpaired) electrons. The first-order valence-electron chi connectivity index (χ1n) is 11.8. The Morgan fingerprint density at radius 2 is 2.06 bits per heavy atom. The van der Waals surface area contributed by atoms with Crippen molar-refractivity contribution in [3.05, 3.63) is 47.7 Å². The van der Waals surface area contributed by atoms with Crippen LogP contribution in [0.25, 0.3) is 11.1 Å². The largest absolute Gasteiger partial charge is 0.467 e. The summed E-state index contributed by atoms with van der Waals surface area (Å²) in [4.78, 5) is 33.4. The molecule has 3 heterocycles. The lowest BCUT2D eigenvalue weighted by Crippen LogP contribution is -2.35. The molecule has 180 valence electrons. The van der Waals surface area contributed by atoms with Crippen LogP contribution in [0.3, 0.4) is 0 Å². The third kappa shape index (κ3) is 6.24. The summed E-state index contributed by atoms with van der Waals surface area (Å²) in [5, 5.41) is 9.20. The topological polar surface area (TPSA) is 118 Å². The molecule has 0 unspecified atom stereocenters. The summed E-state index contributed by atoms with van der Waals surface area (Å²) in [6.45, 7) is 1.31. The number of hydrogen-bond donors (Lipinski definition) is 3. The van der Waals surface area contributed by atoms with Gasteiger partial charge in [0.05, 0.1) is 7.11 Å². The number of nitrogens with zero attached hydrogens (tertiary/aromatic N) is 2. The number of unbranched alkanes of at least 4 members (excludes halogenated alkanes) is 1. The summed E-state index contributed by atoms with van der Waals surface area (Å²) >= 11 is 0. The first-order valence-corrected chi connectivity index (χ1v) is 11.8. The minimum absolute atomic E-state index is 0.0365. The third-order valence-electron chi connectivity index (χ3n) is 5.87. The molecule has 1 aliphatic heterocycles. The number of rotatable bonds is 11. The molecule has 0 spiro atoms. The maximum Gasteiger partial charge on any atom is 0.328 e. The molecule has 3 aromatic rings. The Kier molecular flexibility index (Phi) is 7.95. The fraction of sp³-hybridized carbons (Fsp3) is 0.440. The van der Waals surface area contributed by atoms with Crippen LogP contribution < -0.4 is 16.0 Å². The van der Waals surface area contributed by atoms with Crippen LogP contribution in [0.15, 0.2) is 40.8 Å². The van der Waals surface area contributed by atoms with Gasteiger partial charge in [-0.3, -0.25) is 4.79 Å². The second-order valence-corrected chi connectivity index (χ2v) is 8.39. The molecule has 0 saturated heterocycles. The monoisotopic (exact) mass is 465 g/mol. The van der Waals surface area contributed by atoms with Crippen molar-refractivity contribution in [1.82, 2.24) is 15.3 Å². The number of ether oxygens (including phenoxy) is 1. The Labute approximate surface area is 198 Å². The summed E-state index contributed by atoms with van der Waals surface area (Å²) in [7, 11) is 1.33. The average Bonchev–Trinajstić information content (AvgIpc) is 3.28. The van der Waals surface area contributed by atoms with Crippen molar-refractivity contribution in [2.45, 2.75) is 51.0 Å². The average molecular weight is 466 g/mol. The summed E-state index contributed by atoms with van der Waals surface area (Å²) in [6.07, 6.45) is 5.53. The number of para-hydroxylation sites is 2. The van der Waals surface area contributed by atoms with Crippen LogP contribution >= 0.6 is 0 Å². The van der Waals surface area contributed by atoms with Crippen molar-refractivity contribution in [3.63, 3.8) is 0 Å². The fourth-order valence-electron chi connectivity index (χ4n) is 4.02. The Balaban J connectivity index is 1.17. The van der Waals surface area contributed by atoms with E-state index in [1.165, 1.54) is 12.7 Å². The minimum atomic E-state index is -0.679. The van der Waals surface area contributed by atoms with Crippen molar-refractivity contribution in [1.29, 1.82) is 0 Å². The number of methoxy groups -OCH3 is 1. The van der Waals surface area contributed by atoms with Gasteiger partial charge >= 0.3 is 5.97 Å². The fourth-order valence-corrected chi connectivity index (χ4v) is 4.02. The molecule has 0 fully saturated rings. The second-order valence-electron chi connectivity index (χ2n) is 8.39. The first-order chi connectivity index (χ1) is 16.6. The number of carbonyl (C=O) groups is 2. The van der Waals surface area contributed by atoms with Gasteiger partial charge in [-0.25, -0.2) is 9.78 Å². The molecule has 0 bridgehead atoms. The van der Waals surface area contributed by atoms with Crippen LogP contribution in [0.4, 0.5) is 11.8 Å². The highest BCUT2D eigenvalue weighted by Crippen LogP contribution is 2.21. The molecule has 9 nitrogen and oxygen atoms in total. The quantitative estimate of drug-likeness (QED) is 0.291. The molecule has 1 amide bonds. The maximum atomic E-state index is 12.2. The van der Waals surface area contributed by atoms with E-state index in [0.29, 0.717) is 30.5 Å². The number of fused-ring (bicyclic) bond motifs is 2. The highest BCUT2D eigenvalue weighted by Gasteiger charge is 2.21. The normalized spacial score (nSPS) is 13.6. The van der Waals surface area contributed by atoms with Gasteiger partial charge in [0.15, 0.2) is 5.58 Å². The molecule has 1 aliphatic rings. The van der Waals surface area contributed by atoms with E-state index in [4.69, 9.17) is 14.1 Å². The van der Waals surface area contributed by atoms with Crippen molar-refractivity contribution in [3.8, 4) is 0 Å². The van der Waals surface area contributed by atoms with Gasteiger partial charge in [-0.2, -0.15) is 4.98 Å². The minimum Gasteiger partial charge on any atom is -0.467 e. The third-order valence-corrected chi connectivity index (χ3v) is 5.87. The van der Waals surface area contributed by atoms with Crippen LogP contribution in [-0.2, 0) is 27.2 Å². The molecular formula is C25H31N5O4. The van der Waals surface area contributed by atoms with E-state index in [1.54, 1.807) is 6.07 Å². The maximum absolute atomic E-state index is 12.2. The van der Waals surface area contributed by atoms with E-state index < -0.39 is 12.0 Å². The Hall–Kier alpha value is -3.62. The smallest absolute Gasteiger partial charge is 0.328 e. The van der Waals surface area contributed by atoms with E-state index in [9.17, 15) is 9.59 Å². The lowest BCUT2D eigenvalue weighted by atomic mass is 10.1. The van der Waals surface area contributed by atoms with Crippen LogP contribution in [0.1, 0.15) is 43.4 Å². The van der Waals surface area contributed by atoms with Crippen molar-refractivity contribution in [2.24, 2.45) is 0 Å². The highest BCUT2D eigenvalue weighted by molar-refractivity contribution is 5.80. The summed E-state index contributed by atoms with van der Waals surface area (Å²) in [6, 6.07) is 11.2. The van der Waals surface area contributed by atoms with Gasteiger partial charge in [-0.1, -0.05) is 18.2 Å². The number of nitrogens with one attached hydrogen (secondary N) is 3. The van der Waals surface area contributed by atoms with E-state index in [0.717, 1.165) is 50.2 Å². The molecule has 2 aromatic heterocycles. The van der Waals surface area contributed by atoms with E-state index in [1.807, 2.05) is 18.2 Å². The predicted octanol–water partition coefficient (Wildman–Crippen LogP) is 3.45. The van der Waals surface area contributed by atoms with Crippen LogP contribution in [0.2, 0.25) is 0 Å². The van der Waals surface area contributed by atoms with Gasteiger partial charge in [0.25, 0.3) is 6.01 Å². The van der Waals surface area contributed by atoms with Crippen molar-refractivity contribution >= 4 is 34.8 Å². The number of esters is 1. The number of anilines is 2. The first kappa shape index (κ1) is 23.5. The molecule has 4 rings (SSSR count). The van der Waals surface area contributed by atoms with Gasteiger partial charge in [-0.15, -0.1) is 0 Å². The second kappa shape index (κ2) is 11.5. The highest BCUT2D eigenvalue weighted by atomic mass is 16.5. The number of benzene rings is 1. The van der Waals surface area contributed by atoms with Crippen LogP contribution in [0.5, 0.6) is 0 Å². The van der Waals surface area contributed by atoms with Crippen LogP contribution in [0, 0.1) is 0 Å². The Morgan fingerprint density at radius 1 is 1.18 bits per heavy atom. The zero-order valence-electron chi connectivity index (χ0n) is 19.4. The van der Waals surface area contributed by atoms with Gasteiger partial charge in [0.1, 0.15) is 17.4 Å². The molecule has 3 N–H and O–H groups in total. The number of amides is 1. The Bertz CT molecular complexity index is 1100.